The third-order valence-corrected chi connectivity index (χ3v) is 4.04. The monoisotopic (exact) mass is 324 g/mol. The van der Waals surface area contributed by atoms with Crippen molar-refractivity contribution in [3.05, 3.63) is 66.6 Å². The highest BCUT2D eigenvalue weighted by atomic mass is 32.1. The number of thiocarbonyl (C=S) groups is 1. The SMILES string of the molecule is COC(=S)c1c(-c2ccccc2)ccc(-c2ccoc2)c1OC. The molecule has 0 saturated heterocycles. The van der Waals surface area contributed by atoms with Crippen molar-refractivity contribution in [2.45, 2.75) is 0 Å². The predicted molar refractivity (Wildman–Crippen MR) is 94.8 cm³/mol. The second-order valence-electron chi connectivity index (χ2n) is 4.94. The van der Waals surface area contributed by atoms with Crippen LogP contribution in [-0.2, 0) is 4.74 Å². The van der Waals surface area contributed by atoms with Crippen LogP contribution in [0.15, 0.2) is 65.5 Å². The van der Waals surface area contributed by atoms with E-state index in [1.807, 2.05) is 48.5 Å². The zero-order chi connectivity index (χ0) is 16.2. The molecule has 1 aromatic heterocycles. The van der Waals surface area contributed by atoms with Gasteiger partial charge in [-0.2, -0.15) is 0 Å². The molecule has 0 N–H and O–H groups in total. The number of hydrogen-bond acceptors (Lipinski definition) is 4. The van der Waals surface area contributed by atoms with E-state index >= 15 is 0 Å². The standard InChI is InChI=1S/C19H16O3S/c1-20-18-16(14-10-11-22-12-14)9-8-15(17(18)19(23)21-2)13-6-4-3-5-7-13/h3-12H,1-2H3. The maximum atomic E-state index is 5.68. The molecule has 0 saturated carbocycles. The van der Waals surface area contributed by atoms with Crippen molar-refractivity contribution in [2.75, 3.05) is 14.2 Å². The molecule has 2 aromatic carbocycles. The molecule has 0 radical (unpaired) electrons. The van der Waals surface area contributed by atoms with E-state index in [2.05, 4.69) is 0 Å². The van der Waals surface area contributed by atoms with Crippen LogP contribution in [-0.4, -0.2) is 19.3 Å². The van der Waals surface area contributed by atoms with E-state index in [0.717, 1.165) is 27.8 Å². The topological polar surface area (TPSA) is 31.6 Å². The lowest BCUT2D eigenvalue weighted by Gasteiger charge is -2.17. The molecule has 0 spiro atoms. The van der Waals surface area contributed by atoms with Crippen molar-refractivity contribution in [3.8, 4) is 28.0 Å². The predicted octanol–water partition coefficient (Wildman–Crippen LogP) is 4.94. The van der Waals surface area contributed by atoms with Gasteiger partial charge >= 0.3 is 0 Å². The Hall–Kier alpha value is -2.59. The van der Waals surface area contributed by atoms with Gasteiger partial charge in [-0.3, -0.25) is 0 Å². The van der Waals surface area contributed by atoms with Gasteiger partial charge in [-0.15, -0.1) is 0 Å². The third-order valence-electron chi connectivity index (χ3n) is 3.67. The van der Waals surface area contributed by atoms with Crippen LogP contribution in [0.25, 0.3) is 22.3 Å². The Balaban J connectivity index is 2.28. The summed E-state index contributed by atoms with van der Waals surface area (Å²) >= 11 is 5.43. The third kappa shape index (κ3) is 2.85. The van der Waals surface area contributed by atoms with Crippen molar-refractivity contribution in [1.82, 2.24) is 0 Å². The molecular formula is C19H16O3S. The molecule has 0 atom stereocenters. The Kier molecular flexibility index (Phi) is 4.44. The molecular weight excluding hydrogens is 308 g/mol. The van der Waals surface area contributed by atoms with Gasteiger partial charge in [0.05, 0.1) is 32.3 Å². The van der Waals surface area contributed by atoms with E-state index < -0.39 is 0 Å². The molecule has 23 heavy (non-hydrogen) atoms. The van der Waals surface area contributed by atoms with Crippen LogP contribution in [0, 0.1) is 0 Å². The zero-order valence-electron chi connectivity index (χ0n) is 12.9. The highest BCUT2D eigenvalue weighted by Gasteiger charge is 2.20. The van der Waals surface area contributed by atoms with Gasteiger partial charge in [0.1, 0.15) is 5.75 Å². The average molecular weight is 324 g/mol. The quantitative estimate of drug-likeness (QED) is 0.636. The van der Waals surface area contributed by atoms with E-state index in [9.17, 15) is 0 Å². The Labute approximate surface area is 140 Å². The van der Waals surface area contributed by atoms with Crippen molar-refractivity contribution >= 4 is 17.3 Å². The molecule has 1 heterocycles. The lowest BCUT2D eigenvalue weighted by Crippen LogP contribution is -2.06. The number of methoxy groups -OCH3 is 2. The molecule has 4 heteroatoms. The Morgan fingerprint density at radius 3 is 2.26 bits per heavy atom. The van der Waals surface area contributed by atoms with Gasteiger partial charge < -0.3 is 13.9 Å². The molecule has 3 nitrogen and oxygen atoms in total. The summed E-state index contributed by atoms with van der Waals surface area (Å²) in [7, 11) is 3.20. The van der Waals surface area contributed by atoms with Gasteiger partial charge in [0.15, 0.2) is 5.05 Å². The summed E-state index contributed by atoms with van der Waals surface area (Å²) in [6, 6.07) is 16.0. The fourth-order valence-electron chi connectivity index (χ4n) is 2.60. The van der Waals surface area contributed by atoms with Gasteiger partial charge in [0, 0.05) is 11.1 Å². The molecule has 0 bridgehead atoms. The molecule has 0 aliphatic rings. The average Bonchev–Trinajstić information content (AvgIpc) is 3.14. The molecule has 116 valence electrons. The van der Waals surface area contributed by atoms with Gasteiger partial charge in [-0.25, -0.2) is 0 Å². The van der Waals surface area contributed by atoms with E-state index in [0.29, 0.717) is 10.8 Å². The maximum absolute atomic E-state index is 5.68. The highest BCUT2D eigenvalue weighted by Crippen LogP contribution is 2.39. The lowest BCUT2D eigenvalue weighted by molar-refractivity contribution is 0.398. The van der Waals surface area contributed by atoms with Crippen LogP contribution < -0.4 is 4.74 Å². The fraction of sp³-hybridized carbons (Fsp3) is 0.105. The minimum absolute atomic E-state index is 0.394. The van der Waals surface area contributed by atoms with Crippen LogP contribution in [0.1, 0.15) is 5.56 Å². The zero-order valence-corrected chi connectivity index (χ0v) is 13.7. The molecule has 0 aliphatic heterocycles. The van der Waals surface area contributed by atoms with Crippen LogP contribution in [0.5, 0.6) is 5.75 Å². The van der Waals surface area contributed by atoms with Crippen LogP contribution in [0.4, 0.5) is 0 Å². The number of benzene rings is 2. The second kappa shape index (κ2) is 6.67. The first kappa shape index (κ1) is 15.3. The number of ether oxygens (including phenoxy) is 2. The summed E-state index contributed by atoms with van der Waals surface area (Å²) in [6.45, 7) is 0. The minimum atomic E-state index is 0.394. The first-order chi connectivity index (χ1) is 11.3. The van der Waals surface area contributed by atoms with E-state index in [1.165, 1.54) is 0 Å². The van der Waals surface area contributed by atoms with Gasteiger partial charge in [0.2, 0.25) is 0 Å². The van der Waals surface area contributed by atoms with Crippen LogP contribution in [0.3, 0.4) is 0 Å². The largest absolute Gasteiger partial charge is 0.495 e. The molecule has 0 fully saturated rings. The van der Waals surface area contributed by atoms with Crippen molar-refractivity contribution in [2.24, 2.45) is 0 Å². The van der Waals surface area contributed by atoms with E-state index in [-0.39, 0.29) is 0 Å². The summed E-state index contributed by atoms with van der Waals surface area (Å²) in [6.07, 6.45) is 3.31. The first-order valence-corrected chi connectivity index (χ1v) is 7.54. The Morgan fingerprint density at radius 2 is 1.65 bits per heavy atom. The normalized spacial score (nSPS) is 10.3. The van der Waals surface area contributed by atoms with E-state index in [4.69, 9.17) is 26.1 Å². The molecule has 0 unspecified atom stereocenters. The fourth-order valence-corrected chi connectivity index (χ4v) is 2.81. The van der Waals surface area contributed by atoms with Gasteiger partial charge in [-0.05, 0) is 35.5 Å². The summed E-state index contributed by atoms with van der Waals surface area (Å²) in [5, 5.41) is 0.394. The Morgan fingerprint density at radius 1 is 0.913 bits per heavy atom. The molecule has 0 aliphatic carbocycles. The smallest absolute Gasteiger partial charge is 0.195 e. The van der Waals surface area contributed by atoms with E-state index in [1.54, 1.807) is 26.7 Å². The summed E-state index contributed by atoms with van der Waals surface area (Å²) in [4.78, 5) is 0. The van der Waals surface area contributed by atoms with Crippen molar-refractivity contribution < 1.29 is 13.9 Å². The van der Waals surface area contributed by atoms with Crippen LogP contribution in [0.2, 0.25) is 0 Å². The summed E-state index contributed by atoms with van der Waals surface area (Å²) < 4.78 is 16.2. The number of rotatable bonds is 4. The molecule has 3 rings (SSSR count). The maximum Gasteiger partial charge on any atom is 0.195 e. The first-order valence-electron chi connectivity index (χ1n) is 7.13. The second-order valence-corrected chi connectivity index (χ2v) is 5.31. The van der Waals surface area contributed by atoms with Crippen molar-refractivity contribution in [1.29, 1.82) is 0 Å². The van der Waals surface area contributed by atoms with Gasteiger partial charge in [-0.1, -0.05) is 36.4 Å². The van der Waals surface area contributed by atoms with Gasteiger partial charge in [0.25, 0.3) is 0 Å². The van der Waals surface area contributed by atoms with Crippen molar-refractivity contribution in [3.63, 3.8) is 0 Å². The number of hydrogen-bond donors (Lipinski definition) is 0. The minimum Gasteiger partial charge on any atom is -0.495 e. The summed E-state index contributed by atoms with van der Waals surface area (Å²) in [5.41, 5.74) is 4.65. The molecule has 3 aromatic rings. The molecule has 0 amide bonds. The van der Waals surface area contributed by atoms with Crippen LogP contribution >= 0.6 is 12.2 Å². The summed E-state index contributed by atoms with van der Waals surface area (Å²) in [5.74, 6) is 0.680. The highest BCUT2D eigenvalue weighted by molar-refractivity contribution is 7.80. The lowest BCUT2D eigenvalue weighted by atomic mass is 9.94. The number of furan rings is 1. The Bertz CT molecular complexity index is 808.